The molecule has 0 aliphatic carbocycles. The highest BCUT2D eigenvalue weighted by Crippen LogP contribution is 2.22. The summed E-state index contributed by atoms with van der Waals surface area (Å²) in [6.45, 7) is 8.81. The molecule has 0 atom stereocenters. The number of nitrogens with zero attached hydrogens (tertiary/aromatic N) is 2. The van der Waals surface area contributed by atoms with Crippen molar-refractivity contribution in [3.05, 3.63) is 17.2 Å². The minimum absolute atomic E-state index is 0.751. The third-order valence-electron chi connectivity index (χ3n) is 2.57. The zero-order valence-corrected chi connectivity index (χ0v) is 12.3. The molecule has 0 aliphatic rings. The van der Waals surface area contributed by atoms with Gasteiger partial charge in [0, 0.05) is 44.4 Å². The number of thiazole rings is 1. The lowest BCUT2D eigenvalue weighted by molar-refractivity contribution is 0.200. The van der Waals surface area contributed by atoms with Crippen LogP contribution in [0.15, 0.2) is 12.3 Å². The molecule has 1 rings (SSSR count). The fourth-order valence-electron chi connectivity index (χ4n) is 1.53. The first-order valence-corrected chi connectivity index (χ1v) is 7.20. The molecule has 0 bridgehead atoms. The summed E-state index contributed by atoms with van der Waals surface area (Å²) < 4.78 is 4.96. The molecule has 0 aromatic carbocycles. The smallest absolute Gasteiger partial charge is 0.185 e. The highest BCUT2D eigenvalue weighted by Gasteiger charge is 2.05. The summed E-state index contributed by atoms with van der Waals surface area (Å²) in [6.07, 6.45) is 6.17. The average Bonchev–Trinajstić information content (AvgIpc) is 2.84. The van der Waals surface area contributed by atoms with Gasteiger partial charge in [0.15, 0.2) is 5.13 Å². The molecule has 1 N–H and O–H groups in total. The molecule has 0 spiro atoms. The Hall–Kier alpha value is -0.910. The van der Waals surface area contributed by atoms with Crippen LogP contribution in [0, 0.1) is 0 Å². The molecule has 0 amide bonds. The number of methoxy groups -OCH3 is 1. The van der Waals surface area contributed by atoms with Crippen molar-refractivity contribution in [3.63, 3.8) is 0 Å². The molecular weight excluding hydrogens is 246 g/mol. The predicted molar refractivity (Wildman–Crippen MR) is 79.5 cm³/mol. The molecule has 0 saturated carbocycles. The molecule has 4 nitrogen and oxygen atoms in total. The Morgan fingerprint density at radius 3 is 2.89 bits per heavy atom. The molecule has 18 heavy (non-hydrogen) atoms. The Morgan fingerprint density at radius 1 is 1.44 bits per heavy atom. The second kappa shape index (κ2) is 9.08. The first-order chi connectivity index (χ1) is 8.81. The van der Waals surface area contributed by atoms with Gasteiger partial charge >= 0.3 is 0 Å². The maximum absolute atomic E-state index is 4.96. The van der Waals surface area contributed by atoms with E-state index in [2.05, 4.69) is 41.2 Å². The van der Waals surface area contributed by atoms with Crippen LogP contribution in [0.4, 0.5) is 5.13 Å². The predicted octanol–water partition coefficient (Wildman–Crippen LogP) is 2.24. The Bertz CT molecular complexity index is 348. The lowest BCUT2D eigenvalue weighted by Gasteiger charge is -2.16. The lowest BCUT2D eigenvalue weighted by Crippen LogP contribution is -2.21. The molecule has 0 unspecified atom stereocenters. The van der Waals surface area contributed by atoms with Crippen molar-refractivity contribution < 1.29 is 4.74 Å². The van der Waals surface area contributed by atoms with Crippen molar-refractivity contribution in [2.45, 2.75) is 13.8 Å². The van der Waals surface area contributed by atoms with Crippen molar-refractivity contribution in [2.75, 3.05) is 44.8 Å². The van der Waals surface area contributed by atoms with E-state index in [0.29, 0.717) is 0 Å². The summed E-state index contributed by atoms with van der Waals surface area (Å²) in [7, 11) is 1.71. The van der Waals surface area contributed by atoms with Crippen LogP contribution >= 0.6 is 11.3 Å². The van der Waals surface area contributed by atoms with Crippen molar-refractivity contribution in [3.8, 4) is 0 Å². The minimum Gasteiger partial charge on any atom is -0.383 e. The van der Waals surface area contributed by atoms with Gasteiger partial charge in [-0.3, -0.25) is 0 Å². The van der Waals surface area contributed by atoms with Gasteiger partial charge in [-0.05, 0) is 19.9 Å². The third kappa shape index (κ3) is 5.16. The van der Waals surface area contributed by atoms with E-state index in [1.165, 1.54) is 4.88 Å². The van der Waals surface area contributed by atoms with Crippen molar-refractivity contribution in [2.24, 2.45) is 0 Å². The first kappa shape index (κ1) is 15.1. The Balaban J connectivity index is 2.36. The second-order valence-electron chi connectivity index (χ2n) is 3.82. The van der Waals surface area contributed by atoms with Crippen LogP contribution in [0.2, 0.25) is 0 Å². The third-order valence-corrected chi connectivity index (χ3v) is 3.60. The fourth-order valence-corrected chi connectivity index (χ4v) is 2.50. The normalized spacial score (nSPS) is 11.3. The molecule has 0 aliphatic heterocycles. The van der Waals surface area contributed by atoms with E-state index in [1.54, 1.807) is 18.4 Å². The SMILES string of the molecule is CCN(CC)c1ncc(C=CCNCCOC)s1. The Morgan fingerprint density at radius 2 is 2.22 bits per heavy atom. The van der Waals surface area contributed by atoms with Gasteiger partial charge in [-0.25, -0.2) is 4.98 Å². The van der Waals surface area contributed by atoms with E-state index in [9.17, 15) is 0 Å². The zero-order valence-electron chi connectivity index (χ0n) is 11.5. The topological polar surface area (TPSA) is 37.4 Å². The second-order valence-corrected chi connectivity index (χ2v) is 4.86. The van der Waals surface area contributed by atoms with Crippen LogP contribution in [-0.4, -0.2) is 44.9 Å². The van der Waals surface area contributed by atoms with Crippen LogP contribution in [0.3, 0.4) is 0 Å². The van der Waals surface area contributed by atoms with E-state index < -0.39 is 0 Å². The molecule has 0 saturated heterocycles. The molecule has 1 aromatic heterocycles. The van der Waals surface area contributed by atoms with Crippen LogP contribution in [0.25, 0.3) is 6.08 Å². The summed E-state index contributed by atoms with van der Waals surface area (Å²) in [6, 6.07) is 0. The molecule has 1 heterocycles. The van der Waals surface area contributed by atoms with E-state index in [-0.39, 0.29) is 0 Å². The summed E-state index contributed by atoms with van der Waals surface area (Å²) >= 11 is 1.73. The van der Waals surface area contributed by atoms with Gasteiger partial charge < -0.3 is 15.0 Å². The van der Waals surface area contributed by atoms with Crippen LogP contribution in [0.1, 0.15) is 18.7 Å². The highest BCUT2D eigenvalue weighted by atomic mass is 32.1. The van der Waals surface area contributed by atoms with Gasteiger partial charge in [0.05, 0.1) is 6.61 Å². The van der Waals surface area contributed by atoms with Gasteiger partial charge in [-0.1, -0.05) is 17.4 Å². The van der Waals surface area contributed by atoms with E-state index in [1.807, 2.05) is 6.20 Å². The van der Waals surface area contributed by atoms with Gasteiger partial charge in [0.1, 0.15) is 0 Å². The van der Waals surface area contributed by atoms with Gasteiger partial charge in [0.25, 0.3) is 0 Å². The number of rotatable bonds is 9. The summed E-state index contributed by atoms with van der Waals surface area (Å²) in [5.74, 6) is 0. The number of nitrogens with one attached hydrogen (secondary N) is 1. The Labute approximate surface area is 114 Å². The number of anilines is 1. The maximum atomic E-state index is 4.96. The monoisotopic (exact) mass is 269 g/mol. The Kier molecular flexibility index (Phi) is 7.64. The summed E-state index contributed by atoms with van der Waals surface area (Å²) in [4.78, 5) is 7.90. The van der Waals surface area contributed by atoms with Gasteiger partial charge in [0.2, 0.25) is 0 Å². The van der Waals surface area contributed by atoms with Crippen molar-refractivity contribution >= 4 is 22.5 Å². The molecule has 5 heteroatoms. The largest absolute Gasteiger partial charge is 0.383 e. The van der Waals surface area contributed by atoms with Crippen molar-refractivity contribution in [1.82, 2.24) is 10.3 Å². The number of ether oxygens (including phenoxy) is 1. The van der Waals surface area contributed by atoms with E-state index in [4.69, 9.17) is 4.74 Å². The van der Waals surface area contributed by atoms with Crippen LogP contribution in [0.5, 0.6) is 0 Å². The first-order valence-electron chi connectivity index (χ1n) is 6.38. The van der Waals surface area contributed by atoms with E-state index >= 15 is 0 Å². The molecule has 1 aromatic rings. The number of aromatic nitrogens is 1. The maximum Gasteiger partial charge on any atom is 0.185 e. The number of hydrogen-bond acceptors (Lipinski definition) is 5. The van der Waals surface area contributed by atoms with Crippen LogP contribution < -0.4 is 10.2 Å². The van der Waals surface area contributed by atoms with Gasteiger partial charge in [-0.15, -0.1) is 0 Å². The summed E-state index contributed by atoms with van der Waals surface area (Å²) in [5, 5.41) is 4.37. The standard InChI is InChI=1S/C13H23N3OS/c1-4-16(5-2)13-15-11-12(18-13)7-6-8-14-9-10-17-3/h6-7,11,14H,4-5,8-10H2,1-3H3. The summed E-state index contributed by atoms with van der Waals surface area (Å²) in [5.41, 5.74) is 0. The molecule has 0 fully saturated rings. The lowest BCUT2D eigenvalue weighted by atomic mass is 10.4. The quantitative estimate of drug-likeness (QED) is 0.698. The zero-order chi connectivity index (χ0) is 13.2. The number of hydrogen-bond donors (Lipinski definition) is 1. The molecule has 102 valence electrons. The fraction of sp³-hybridized carbons (Fsp3) is 0.615. The van der Waals surface area contributed by atoms with Crippen molar-refractivity contribution in [1.29, 1.82) is 0 Å². The van der Waals surface area contributed by atoms with Gasteiger partial charge in [-0.2, -0.15) is 0 Å². The van der Waals surface area contributed by atoms with Crippen LogP contribution in [-0.2, 0) is 4.74 Å². The average molecular weight is 269 g/mol. The molecule has 0 radical (unpaired) electrons. The minimum atomic E-state index is 0.751. The highest BCUT2D eigenvalue weighted by molar-refractivity contribution is 7.16. The van der Waals surface area contributed by atoms with E-state index in [0.717, 1.165) is 37.9 Å². The molecular formula is C13H23N3OS.